The van der Waals surface area contributed by atoms with Gasteiger partial charge in [-0.25, -0.2) is 0 Å². The van der Waals surface area contributed by atoms with Crippen molar-refractivity contribution in [3.05, 3.63) is 6.92 Å². The summed E-state index contributed by atoms with van der Waals surface area (Å²) in [6, 6.07) is 0. The smallest absolute Gasteiger partial charge is 0.211 e. The van der Waals surface area contributed by atoms with Gasteiger partial charge in [0, 0.05) is 27.7 Å². The summed E-state index contributed by atoms with van der Waals surface area (Å²) >= 11 is 0. The van der Waals surface area contributed by atoms with Crippen LogP contribution in [0.1, 0.15) is 0 Å². The minimum Gasteiger partial charge on any atom is -0.348 e. The maximum Gasteiger partial charge on any atom is 0.211 e. The van der Waals surface area contributed by atoms with Crippen molar-refractivity contribution in [3.8, 4) is 6.19 Å². The highest BCUT2D eigenvalue weighted by Crippen LogP contribution is 1.90. The topological polar surface area (TPSA) is 42.6 Å². The third kappa shape index (κ3) is 2.89. The molecule has 0 aliphatic carbocycles. The van der Waals surface area contributed by atoms with E-state index in [1.165, 1.54) is 0 Å². The second-order valence-electron chi connectivity index (χ2n) is 2.33. The molecule has 0 aliphatic heterocycles. The number of aliphatic imine (C=N–C) groups is 1. The average Bonchev–Trinajstić information content (AvgIpc) is 1.98. The van der Waals surface area contributed by atoms with Crippen LogP contribution >= 0.6 is 0 Å². The second kappa shape index (κ2) is 4.56. The molecule has 0 saturated heterocycles. The van der Waals surface area contributed by atoms with Gasteiger partial charge in [0.1, 0.15) is 0 Å². The van der Waals surface area contributed by atoms with Crippen molar-refractivity contribution < 1.29 is 0 Å². The van der Waals surface area contributed by atoms with E-state index in [9.17, 15) is 0 Å². The predicted molar refractivity (Wildman–Crippen MR) is 44.7 cm³/mol. The number of guanidine groups is 1. The maximum absolute atomic E-state index is 8.32. The van der Waals surface area contributed by atoms with E-state index >= 15 is 0 Å². The zero-order chi connectivity index (χ0) is 8.85. The number of hydrogen-bond acceptors (Lipinski definition) is 2. The maximum atomic E-state index is 8.32. The first-order chi connectivity index (χ1) is 5.13. The van der Waals surface area contributed by atoms with E-state index in [1.54, 1.807) is 16.0 Å². The van der Waals surface area contributed by atoms with E-state index in [4.69, 9.17) is 5.26 Å². The molecular formula is C7H13N4. The van der Waals surface area contributed by atoms with Crippen LogP contribution in [0, 0.1) is 18.4 Å². The molecule has 11 heavy (non-hydrogen) atoms. The molecular weight excluding hydrogens is 140 g/mol. The molecule has 0 aromatic rings. The Morgan fingerprint density at radius 1 is 1.55 bits per heavy atom. The molecule has 0 aromatic carbocycles. The van der Waals surface area contributed by atoms with Crippen LogP contribution < -0.4 is 0 Å². The molecule has 0 aromatic heterocycles. The fraction of sp³-hybridized carbons (Fsp3) is 0.571. The summed E-state index contributed by atoms with van der Waals surface area (Å²) in [5.41, 5.74) is 0. The van der Waals surface area contributed by atoms with Crippen LogP contribution in [0.4, 0.5) is 0 Å². The van der Waals surface area contributed by atoms with E-state index in [2.05, 4.69) is 11.9 Å². The van der Waals surface area contributed by atoms with Gasteiger partial charge in [0.05, 0.1) is 0 Å². The van der Waals surface area contributed by atoms with Crippen LogP contribution in [-0.2, 0) is 0 Å². The quantitative estimate of drug-likeness (QED) is 0.306. The van der Waals surface area contributed by atoms with Crippen LogP contribution in [0.25, 0.3) is 0 Å². The van der Waals surface area contributed by atoms with E-state index < -0.39 is 0 Å². The molecule has 61 valence electrons. The first-order valence-electron chi connectivity index (χ1n) is 3.28. The minimum atomic E-state index is 0.596. The molecule has 0 N–H and O–H groups in total. The summed E-state index contributed by atoms with van der Waals surface area (Å²) in [4.78, 5) is 7.20. The van der Waals surface area contributed by atoms with Crippen LogP contribution in [0.2, 0.25) is 0 Å². The number of nitrogens with zero attached hydrogens (tertiary/aromatic N) is 4. The van der Waals surface area contributed by atoms with Gasteiger partial charge in [-0.15, -0.1) is 4.99 Å². The molecule has 0 fully saturated rings. The molecule has 1 radical (unpaired) electrons. The number of hydrogen-bond donors (Lipinski definition) is 0. The fourth-order valence-corrected chi connectivity index (χ4v) is 0.671. The minimum absolute atomic E-state index is 0.596. The second-order valence-corrected chi connectivity index (χ2v) is 2.33. The van der Waals surface area contributed by atoms with Crippen molar-refractivity contribution in [2.45, 2.75) is 0 Å². The van der Waals surface area contributed by atoms with E-state index in [-0.39, 0.29) is 0 Å². The lowest BCUT2D eigenvalue weighted by atomic mass is 10.6. The van der Waals surface area contributed by atoms with Gasteiger partial charge in [0.2, 0.25) is 12.2 Å². The lowest BCUT2D eigenvalue weighted by Gasteiger charge is -2.23. The average molecular weight is 153 g/mol. The molecule has 0 spiro atoms. The Balaban J connectivity index is 4.37. The predicted octanol–water partition coefficient (Wildman–Crippen LogP) is 0.151. The third-order valence-corrected chi connectivity index (χ3v) is 1.23. The van der Waals surface area contributed by atoms with Crippen molar-refractivity contribution in [2.75, 3.05) is 27.7 Å². The number of rotatable bonds is 1. The Bertz CT molecular complexity index is 177. The van der Waals surface area contributed by atoms with Gasteiger partial charge in [0.15, 0.2) is 0 Å². The molecule has 4 heteroatoms. The van der Waals surface area contributed by atoms with Gasteiger partial charge in [-0.3, -0.25) is 0 Å². The summed E-state index contributed by atoms with van der Waals surface area (Å²) in [7, 11) is 5.51. The van der Waals surface area contributed by atoms with Crippen molar-refractivity contribution in [2.24, 2.45) is 4.99 Å². The Hall–Kier alpha value is -1.24. The highest BCUT2D eigenvalue weighted by atomic mass is 15.3. The van der Waals surface area contributed by atoms with Crippen LogP contribution in [0.15, 0.2) is 4.99 Å². The van der Waals surface area contributed by atoms with Crippen molar-refractivity contribution in [3.63, 3.8) is 0 Å². The number of nitriles is 1. The third-order valence-electron chi connectivity index (χ3n) is 1.23. The Labute approximate surface area is 67.7 Å². The van der Waals surface area contributed by atoms with Gasteiger partial charge in [0.25, 0.3) is 0 Å². The molecule has 0 atom stereocenters. The molecule has 4 nitrogen and oxygen atoms in total. The summed E-state index contributed by atoms with van der Waals surface area (Å²) in [6.07, 6.45) is 1.74. The standard InChI is InChI=1S/C7H13N4/c1-5-11(4)7(9-6-8)10(2)3/h1,5H2,2-4H3/b9-7-. The Morgan fingerprint density at radius 3 is 2.36 bits per heavy atom. The highest BCUT2D eigenvalue weighted by molar-refractivity contribution is 5.80. The van der Waals surface area contributed by atoms with Crippen LogP contribution in [-0.4, -0.2) is 43.4 Å². The lowest BCUT2D eigenvalue weighted by molar-refractivity contribution is 0.456. The van der Waals surface area contributed by atoms with Crippen LogP contribution in [0.5, 0.6) is 0 Å². The highest BCUT2D eigenvalue weighted by Gasteiger charge is 2.05. The normalized spacial score (nSPS) is 10.6. The van der Waals surface area contributed by atoms with E-state index in [1.807, 2.05) is 21.1 Å². The lowest BCUT2D eigenvalue weighted by Crippen LogP contribution is -2.37. The fourth-order valence-electron chi connectivity index (χ4n) is 0.671. The molecule has 0 unspecified atom stereocenters. The van der Waals surface area contributed by atoms with Crippen LogP contribution in [0.3, 0.4) is 0 Å². The van der Waals surface area contributed by atoms with Gasteiger partial charge in [-0.1, -0.05) is 0 Å². The molecule has 0 rings (SSSR count). The first kappa shape index (κ1) is 9.76. The zero-order valence-electron chi connectivity index (χ0n) is 7.20. The summed E-state index contributed by atoms with van der Waals surface area (Å²) < 4.78 is 0. The largest absolute Gasteiger partial charge is 0.348 e. The molecule has 0 saturated carbocycles. The summed E-state index contributed by atoms with van der Waals surface area (Å²) in [5, 5.41) is 8.32. The zero-order valence-corrected chi connectivity index (χ0v) is 7.20. The Morgan fingerprint density at radius 2 is 2.09 bits per heavy atom. The summed E-state index contributed by atoms with van der Waals surface area (Å²) in [5.74, 6) is 0.627. The molecule has 0 heterocycles. The monoisotopic (exact) mass is 153 g/mol. The SMILES string of the molecule is [CH2]CN(C)/C(=N\C#N)N(C)C. The van der Waals surface area contributed by atoms with Gasteiger partial charge in [-0.05, 0) is 6.92 Å². The van der Waals surface area contributed by atoms with Gasteiger partial charge >= 0.3 is 0 Å². The van der Waals surface area contributed by atoms with E-state index in [0.29, 0.717) is 12.5 Å². The summed E-state index contributed by atoms with van der Waals surface area (Å²) in [6.45, 7) is 4.28. The molecule has 0 aliphatic rings. The van der Waals surface area contributed by atoms with Gasteiger partial charge < -0.3 is 9.80 Å². The van der Waals surface area contributed by atoms with Gasteiger partial charge in [-0.2, -0.15) is 5.26 Å². The molecule has 0 bridgehead atoms. The van der Waals surface area contributed by atoms with E-state index in [0.717, 1.165) is 0 Å². The molecule has 0 amide bonds. The van der Waals surface area contributed by atoms with Crippen molar-refractivity contribution in [1.82, 2.24) is 9.80 Å². The van der Waals surface area contributed by atoms with Crippen molar-refractivity contribution >= 4 is 5.96 Å². The van der Waals surface area contributed by atoms with Crippen molar-refractivity contribution in [1.29, 1.82) is 5.26 Å². The first-order valence-corrected chi connectivity index (χ1v) is 3.28. The Kier molecular flexibility index (Phi) is 4.04.